The van der Waals surface area contributed by atoms with E-state index in [1.165, 1.54) is 0 Å². The molecule has 5 nitrogen and oxygen atoms in total. The van der Waals surface area contributed by atoms with Crippen LogP contribution in [0.5, 0.6) is 0 Å². The second kappa shape index (κ2) is 11.4. The molecule has 1 aromatic rings. The fourth-order valence-electron chi connectivity index (χ4n) is 3.23. The van der Waals surface area contributed by atoms with Crippen molar-refractivity contribution in [3.05, 3.63) is 23.8 Å². The molecule has 2 amide bonds. The molecule has 0 spiro atoms. The number of amides is 2. The molecule has 0 aliphatic rings. The van der Waals surface area contributed by atoms with Crippen molar-refractivity contribution in [2.45, 2.75) is 60.4 Å². The first-order chi connectivity index (χ1) is 13.6. The van der Waals surface area contributed by atoms with Gasteiger partial charge in [0.25, 0.3) is 0 Å². The van der Waals surface area contributed by atoms with Gasteiger partial charge >= 0.3 is 0 Å². The van der Waals surface area contributed by atoms with Gasteiger partial charge in [0, 0.05) is 50.4 Å². The first-order valence-electron chi connectivity index (χ1n) is 10.6. The van der Waals surface area contributed by atoms with Gasteiger partial charge in [-0.1, -0.05) is 20.8 Å². The summed E-state index contributed by atoms with van der Waals surface area (Å²) in [6, 6.07) is 5.86. The summed E-state index contributed by atoms with van der Waals surface area (Å²) in [5.74, 6) is 0.390. The first-order valence-corrected chi connectivity index (χ1v) is 11.1. The van der Waals surface area contributed by atoms with Gasteiger partial charge < -0.3 is 15.1 Å². The average molecular weight is 424 g/mol. The van der Waals surface area contributed by atoms with Crippen molar-refractivity contribution in [1.29, 1.82) is 0 Å². The summed E-state index contributed by atoms with van der Waals surface area (Å²) in [7, 11) is 3.97. The maximum atomic E-state index is 13.0. The Balaban J connectivity index is 3.21. The third kappa shape index (κ3) is 6.91. The molecular formula is C23H38ClN3O2. The van der Waals surface area contributed by atoms with Gasteiger partial charge in [-0.3, -0.25) is 9.59 Å². The summed E-state index contributed by atoms with van der Waals surface area (Å²) in [6.45, 7) is 11.1. The largest absolute Gasteiger partial charge is 0.377 e. The van der Waals surface area contributed by atoms with Crippen LogP contribution in [0, 0.1) is 11.3 Å². The maximum absolute atomic E-state index is 13.0. The SMILES string of the molecule is CCCN(Cc1cc(NC(=O)C(C)(C)CCl)ccc1N(C)C)C(=O)C(CC)CC. The fourth-order valence-corrected chi connectivity index (χ4v) is 3.35. The lowest BCUT2D eigenvalue weighted by atomic mass is 9.95. The minimum absolute atomic E-state index is 0.0526. The van der Waals surface area contributed by atoms with Crippen LogP contribution in [0.4, 0.5) is 11.4 Å². The number of benzene rings is 1. The van der Waals surface area contributed by atoms with Crippen LogP contribution in [0.1, 0.15) is 59.4 Å². The number of hydrogen-bond acceptors (Lipinski definition) is 3. The minimum Gasteiger partial charge on any atom is -0.377 e. The van der Waals surface area contributed by atoms with Gasteiger partial charge in [0.1, 0.15) is 0 Å². The van der Waals surface area contributed by atoms with Crippen LogP contribution in [0.25, 0.3) is 0 Å². The van der Waals surface area contributed by atoms with Crippen LogP contribution in [-0.2, 0) is 16.1 Å². The first kappa shape index (κ1) is 25.3. The number of alkyl halides is 1. The molecule has 0 aliphatic heterocycles. The van der Waals surface area contributed by atoms with E-state index in [1.54, 1.807) is 0 Å². The summed E-state index contributed by atoms with van der Waals surface area (Å²) in [5, 5.41) is 2.97. The van der Waals surface area contributed by atoms with E-state index in [0.717, 1.165) is 42.7 Å². The van der Waals surface area contributed by atoms with Crippen molar-refractivity contribution < 1.29 is 9.59 Å². The second-order valence-electron chi connectivity index (χ2n) is 8.48. The van der Waals surface area contributed by atoms with E-state index >= 15 is 0 Å². The predicted octanol–water partition coefficient (Wildman–Crippen LogP) is 5.13. The average Bonchev–Trinajstić information content (AvgIpc) is 2.68. The summed E-state index contributed by atoms with van der Waals surface area (Å²) < 4.78 is 0. The van der Waals surface area contributed by atoms with E-state index in [2.05, 4.69) is 26.1 Å². The highest BCUT2D eigenvalue weighted by Gasteiger charge is 2.27. The van der Waals surface area contributed by atoms with E-state index < -0.39 is 5.41 Å². The Morgan fingerprint density at radius 1 is 1.14 bits per heavy atom. The van der Waals surface area contributed by atoms with Crippen LogP contribution in [0.3, 0.4) is 0 Å². The number of carbonyl (C=O) groups is 2. The zero-order chi connectivity index (χ0) is 22.2. The molecule has 0 aliphatic carbocycles. The number of nitrogens with one attached hydrogen (secondary N) is 1. The van der Waals surface area contributed by atoms with Crippen LogP contribution in [-0.4, -0.2) is 43.2 Å². The van der Waals surface area contributed by atoms with Crippen LogP contribution in [0.15, 0.2) is 18.2 Å². The number of halogens is 1. The van der Waals surface area contributed by atoms with Crippen LogP contribution in [0.2, 0.25) is 0 Å². The number of nitrogens with zero attached hydrogens (tertiary/aromatic N) is 2. The van der Waals surface area contributed by atoms with E-state index in [9.17, 15) is 9.59 Å². The topological polar surface area (TPSA) is 52.7 Å². The van der Waals surface area contributed by atoms with Gasteiger partial charge in [-0.2, -0.15) is 0 Å². The molecule has 0 heterocycles. The van der Waals surface area contributed by atoms with E-state index in [0.29, 0.717) is 6.54 Å². The van der Waals surface area contributed by atoms with Crippen molar-refractivity contribution in [2.24, 2.45) is 11.3 Å². The molecule has 1 rings (SSSR count). The van der Waals surface area contributed by atoms with E-state index in [1.807, 2.05) is 55.9 Å². The molecule has 0 aromatic heterocycles. The number of carbonyl (C=O) groups excluding carboxylic acids is 2. The van der Waals surface area contributed by atoms with Crippen LogP contribution < -0.4 is 10.2 Å². The lowest BCUT2D eigenvalue weighted by Crippen LogP contribution is -2.36. The predicted molar refractivity (Wildman–Crippen MR) is 124 cm³/mol. The molecule has 0 atom stereocenters. The normalized spacial score (nSPS) is 11.5. The van der Waals surface area contributed by atoms with Gasteiger partial charge in [0.2, 0.25) is 11.8 Å². The molecular weight excluding hydrogens is 386 g/mol. The van der Waals surface area contributed by atoms with Gasteiger partial charge in [0.05, 0.1) is 5.41 Å². The Labute approximate surface area is 181 Å². The molecule has 0 fully saturated rings. The highest BCUT2D eigenvalue weighted by molar-refractivity contribution is 6.20. The van der Waals surface area contributed by atoms with Crippen molar-refractivity contribution in [1.82, 2.24) is 4.90 Å². The maximum Gasteiger partial charge on any atom is 0.231 e. The Kier molecular flexibility index (Phi) is 9.97. The molecule has 1 aromatic carbocycles. The van der Waals surface area contributed by atoms with Gasteiger partial charge in [-0.15, -0.1) is 11.6 Å². The Morgan fingerprint density at radius 3 is 2.24 bits per heavy atom. The zero-order valence-corrected chi connectivity index (χ0v) is 19.9. The van der Waals surface area contributed by atoms with Gasteiger partial charge in [-0.25, -0.2) is 0 Å². The Morgan fingerprint density at radius 2 is 1.76 bits per heavy atom. The molecule has 0 unspecified atom stereocenters. The second-order valence-corrected chi connectivity index (χ2v) is 8.75. The molecule has 164 valence electrons. The fraction of sp³-hybridized carbons (Fsp3) is 0.652. The Hall–Kier alpha value is -1.75. The molecule has 0 radical (unpaired) electrons. The van der Waals surface area contributed by atoms with Crippen molar-refractivity contribution >= 4 is 34.8 Å². The third-order valence-electron chi connectivity index (χ3n) is 5.27. The lowest BCUT2D eigenvalue weighted by molar-refractivity contribution is -0.136. The zero-order valence-electron chi connectivity index (χ0n) is 19.1. The van der Waals surface area contributed by atoms with E-state index in [-0.39, 0.29) is 23.6 Å². The summed E-state index contributed by atoms with van der Waals surface area (Å²) in [4.78, 5) is 29.6. The highest BCUT2D eigenvalue weighted by Crippen LogP contribution is 2.27. The number of anilines is 2. The third-order valence-corrected chi connectivity index (χ3v) is 5.94. The summed E-state index contributed by atoms with van der Waals surface area (Å²) in [5.41, 5.74) is 2.13. The molecule has 6 heteroatoms. The van der Waals surface area contributed by atoms with Crippen molar-refractivity contribution in [3.8, 4) is 0 Å². The summed E-state index contributed by atoms with van der Waals surface area (Å²) >= 11 is 5.94. The van der Waals surface area contributed by atoms with E-state index in [4.69, 9.17) is 11.6 Å². The van der Waals surface area contributed by atoms with Crippen molar-refractivity contribution in [2.75, 3.05) is 36.7 Å². The molecule has 0 saturated heterocycles. The molecule has 29 heavy (non-hydrogen) atoms. The quantitative estimate of drug-likeness (QED) is 0.502. The number of hydrogen-bond donors (Lipinski definition) is 1. The summed E-state index contributed by atoms with van der Waals surface area (Å²) in [6.07, 6.45) is 2.60. The van der Waals surface area contributed by atoms with Gasteiger partial charge in [0.15, 0.2) is 0 Å². The van der Waals surface area contributed by atoms with Gasteiger partial charge in [-0.05, 0) is 56.9 Å². The smallest absolute Gasteiger partial charge is 0.231 e. The standard InChI is InChI=1S/C23H38ClN3O2/c1-8-13-27(21(28)17(9-2)10-3)15-18-14-19(11-12-20(18)26(6)7)25-22(29)23(4,5)16-24/h11-12,14,17H,8-10,13,15-16H2,1-7H3,(H,25,29). The molecule has 1 N–H and O–H groups in total. The number of rotatable bonds is 11. The molecule has 0 saturated carbocycles. The monoisotopic (exact) mass is 423 g/mol. The lowest BCUT2D eigenvalue weighted by Gasteiger charge is -2.29. The minimum atomic E-state index is -0.651. The molecule has 0 bridgehead atoms. The Bertz CT molecular complexity index is 685. The van der Waals surface area contributed by atoms with Crippen LogP contribution >= 0.6 is 11.6 Å². The van der Waals surface area contributed by atoms with Crippen molar-refractivity contribution in [3.63, 3.8) is 0 Å². The highest BCUT2D eigenvalue weighted by atomic mass is 35.5.